The summed E-state index contributed by atoms with van der Waals surface area (Å²) in [5.74, 6) is 6.17. The minimum atomic E-state index is -0.190. The third kappa shape index (κ3) is 4.34. The van der Waals surface area contributed by atoms with Gasteiger partial charge in [-0.2, -0.15) is 0 Å². The van der Waals surface area contributed by atoms with Gasteiger partial charge in [-0.25, -0.2) is 4.39 Å². The smallest absolute Gasteiger partial charge is 0.138 e. The molecule has 0 aliphatic rings. The molecule has 1 heteroatoms. The maximum atomic E-state index is 15.2. The number of rotatable bonds is 4. The van der Waals surface area contributed by atoms with Gasteiger partial charge in [-0.3, -0.25) is 0 Å². The van der Waals surface area contributed by atoms with Crippen LogP contribution in [-0.2, 0) is 6.42 Å². The Hall–Kier alpha value is -3.63. The van der Waals surface area contributed by atoms with Crippen LogP contribution in [0.3, 0.4) is 0 Å². The first-order valence-corrected chi connectivity index (χ1v) is 10.2. The molecule has 0 radical (unpaired) electrons. The fourth-order valence-electron chi connectivity index (χ4n) is 3.49. The van der Waals surface area contributed by atoms with Crippen molar-refractivity contribution in [3.8, 4) is 23.0 Å². The van der Waals surface area contributed by atoms with Crippen LogP contribution in [0.5, 0.6) is 0 Å². The van der Waals surface area contributed by atoms with Crippen LogP contribution < -0.4 is 0 Å². The molecule has 0 aliphatic heterocycles. The van der Waals surface area contributed by atoms with Crippen molar-refractivity contribution >= 4 is 10.8 Å². The molecule has 0 aromatic heterocycles. The summed E-state index contributed by atoms with van der Waals surface area (Å²) in [7, 11) is 0. The molecule has 146 valence electrons. The number of hydrogen-bond acceptors (Lipinski definition) is 0. The lowest BCUT2D eigenvalue weighted by Crippen LogP contribution is -1.89. The summed E-state index contributed by atoms with van der Waals surface area (Å²) in [6.07, 6.45) is 3.81. The summed E-state index contributed by atoms with van der Waals surface area (Å²) in [5.41, 5.74) is 5.80. The van der Waals surface area contributed by atoms with Crippen LogP contribution in [0.2, 0.25) is 0 Å². The largest absolute Gasteiger partial charge is 0.206 e. The molecule has 0 atom stereocenters. The summed E-state index contributed by atoms with van der Waals surface area (Å²) < 4.78 is 15.2. The van der Waals surface area contributed by atoms with Gasteiger partial charge in [0.25, 0.3) is 0 Å². The van der Waals surface area contributed by atoms with Gasteiger partial charge in [0.1, 0.15) is 5.82 Å². The van der Waals surface area contributed by atoms with E-state index in [-0.39, 0.29) is 5.82 Å². The second-order valence-corrected chi connectivity index (χ2v) is 7.50. The van der Waals surface area contributed by atoms with Crippen molar-refractivity contribution in [2.75, 3.05) is 0 Å². The van der Waals surface area contributed by atoms with Crippen LogP contribution in [0.25, 0.3) is 21.9 Å². The number of halogens is 1. The minimum Gasteiger partial charge on any atom is -0.206 e. The monoisotopic (exact) mass is 390 g/mol. The molecule has 30 heavy (non-hydrogen) atoms. The van der Waals surface area contributed by atoms with Crippen LogP contribution in [0.1, 0.15) is 28.7 Å². The Morgan fingerprint density at radius 3 is 2.27 bits per heavy atom. The Morgan fingerprint density at radius 1 is 0.833 bits per heavy atom. The van der Waals surface area contributed by atoms with E-state index in [0.717, 1.165) is 34.9 Å². The molecule has 4 aromatic carbocycles. The molecule has 4 rings (SSSR count). The first-order chi connectivity index (χ1) is 14.6. The average Bonchev–Trinajstić information content (AvgIpc) is 2.78. The Bertz CT molecular complexity index is 1250. The molecular weight excluding hydrogens is 367 g/mol. The minimum absolute atomic E-state index is 0.190. The normalized spacial score (nSPS) is 10.5. The zero-order chi connectivity index (χ0) is 20.9. The molecule has 0 heterocycles. The number of fused-ring (bicyclic) bond motifs is 1. The van der Waals surface area contributed by atoms with Gasteiger partial charge in [-0.1, -0.05) is 78.1 Å². The number of allylic oxidation sites excluding steroid dienone is 1. The summed E-state index contributed by atoms with van der Waals surface area (Å²) in [6.45, 7) is 5.82. The Labute approximate surface area is 177 Å². The fraction of sp³-hybridized carbons (Fsp3) is 0.103. The van der Waals surface area contributed by atoms with Crippen LogP contribution in [0, 0.1) is 24.6 Å². The van der Waals surface area contributed by atoms with E-state index in [9.17, 15) is 0 Å². The van der Waals surface area contributed by atoms with E-state index >= 15 is 4.39 Å². The lowest BCUT2D eigenvalue weighted by atomic mass is 9.97. The number of benzene rings is 4. The fourth-order valence-corrected chi connectivity index (χ4v) is 3.49. The Kier molecular flexibility index (Phi) is 5.77. The maximum Gasteiger partial charge on any atom is 0.138 e. The zero-order valence-electron chi connectivity index (χ0n) is 17.1. The second-order valence-electron chi connectivity index (χ2n) is 7.50. The van der Waals surface area contributed by atoms with Crippen molar-refractivity contribution in [3.63, 3.8) is 0 Å². The van der Waals surface area contributed by atoms with Crippen LogP contribution in [-0.4, -0.2) is 0 Å². The van der Waals surface area contributed by atoms with Gasteiger partial charge in [0.2, 0.25) is 0 Å². The first kappa shape index (κ1) is 19.7. The Morgan fingerprint density at radius 2 is 1.53 bits per heavy atom. The van der Waals surface area contributed by atoms with Crippen molar-refractivity contribution in [2.24, 2.45) is 0 Å². The molecule has 0 fully saturated rings. The third-order valence-electron chi connectivity index (χ3n) is 5.26. The van der Waals surface area contributed by atoms with Crippen molar-refractivity contribution in [3.05, 3.63) is 120 Å². The van der Waals surface area contributed by atoms with E-state index in [1.165, 1.54) is 11.1 Å². The van der Waals surface area contributed by atoms with Gasteiger partial charge in [0.05, 0.1) is 0 Å². The summed E-state index contributed by atoms with van der Waals surface area (Å²) in [5, 5.41) is 1.47. The van der Waals surface area contributed by atoms with Gasteiger partial charge in [0.15, 0.2) is 0 Å². The van der Waals surface area contributed by atoms with Crippen molar-refractivity contribution in [1.82, 2.24) is 0 Å². The predicted octanol–water partition coefficient (Wildman–Crippen LogP) is 7.47. The third-order valence-corrected chi connectivity index (χ3v) is 5.26. The van der Waals surface area contributed by atoms with E-state index < -0.39 is 0 Å². The highest BCUT2D eigenvalue weighted by Gasteiger charge is 2.10. The lowest BCUT2D eigenvalue weighted by Gasteiger charge is -2.08. The molecular formula is C29H23F. The molecule has 0 spiro atoms. The highest BCUT2D eigenvalue weighted by Crippen LogP contribution is 2.30. The average molecular weight is 391 g/mol. The lowest BCUT2D eigenvalue weighted by molar-refractivity contribution is 0.643. The number of hydrogen-bond donors (Lipinski definition) is 0. The summed E-state index contributed by atoms with van der Waals surface area (Å²) in [4.78, 5) is 0. The molecule has 0 amide bonds. The van der Waals surface area contributed by atoms with Gasteiger partial charge >= 0.3 is 0 Å². The Balaban J connectivity index is 1.63. The standard InChI is InChI=1S/C29H23F/c1-3-4-5-22-12-15-25(16-13-22)27-19-17-26-20-24(14-18-28(26)29(27)30)11-10-23-8-6-21(2)7-9-23/h3,6-9,12-20H,1,4-5H2,2H3. The van der Waals surface area contributed by atoms with E-state index in [1.807, 2.05) is 72.8 Å². The second kappa shape index (κ2) is 8.80. The van der Waals surface area contributed by atoms with Gasteiger partial charge in [0, 0.05) is 22.1 Å². The van der Waals surface area contributed by atoms with Crippen LogP contribution in [0.4, 0.5) is 4.39 Å². The van der Waals surface area contributed by atoms with Crippen LogP contribution in [0.15, 0.2) is 91.5 Å². The summed E-state index contributed by atoms with van der Waals surface area (Å²) in [6, 6.07) is 25.7. The van der Waals surface area contributed by atoms with Gasteiger partial charge in [-0.15, -0.1) is 6.58 Å². The predicted molar refractivity (Wildman–Crippen MR) is 125 cm³/mol. The molecule has 0 saturated heterocycles. The first-order valence-electron chi connectivity index (χ1n) is 10.2. The molecule has 0 N–H and O–H groups in total. The zero-order valence-corrected chi connectivity index (χ0v) is 17.1. The molecule has 0 saturated carbocycles. The van der Waals surface area contributed by atoms with Gasteiger partial charge < -0.3 is 0 Å². The van der Waals surface area contributed by atoms with E-state index in [4.69, 9.17) is 0 Å². The van der Waals surface area contributed by atoms with E-state index in [0.29, 0.717) is 10.9 Å². The van der Waals surface area contributed by atoms with E-state index in [2.05, 4.69) is 37.5 Å². The SMILES string of the molecule is C=CCCc1ccc(-c2ccc3cc(C#Cc4ccc(C)cc4)ccc3c2F)cc1. The van der Waals surface area contributed by atoms with Crippen molar-refractivity contribution < 1.29 is 4.39 Å². The van der Waals surface area contributed by atoms with Gasteiger partial charge in [-0.05, 0) is 60.5 Å². The van der Waals surface area contributed by atoms with Crippen LogP contribution >= 0.6 is 0 Å². The number of aryl methyl sites for hydroxylation is 2. The highest BCUT2D eigenvalue weighted by atomic mass is 19.1. The quantitative estimate of drug-likeness (QED) is 0.250. The van der Waals surface area contributed by atoms with Crippen molar-refractivity contribution in [1.29, 1.82) is 0 Å². The van der Waals surface area contributed by atoms with Crippen molar-refractivity contribution in [2.45, 2.75) is 19.8 Å². The highest BCUT2D eigenvalue weighted by molar-refractivity contribution is 5.89. The molecule has 4 aromatic rings. The molecule has 0 nitrogen and oxygen atoms in total. The maximum absolute atomic E-state index is 15.2. The topological polar surface area (TPSA) is 0 Å². The van der Waals surface area contributed by atoms with E-state index in [1.54, 1.807) is 0 Å². The summed E-state index contributed by atoms with van der Waals surface area (Å²) >= 11 is 0. The molecule has 0 aliphatic carbocycles. The molecule has 0 unspecified atom stereocenters. The molecule has 0 bridgehead atoms.